The average Bonchev–Trinajstić information content (AvgIpc) is 2.98. The molecule has 2 heterocycles. The highest BCUT2D eigenvalue weighted by Crippen LogP contribution is 2.67. The summed E-state index contributed by atoms with van der Waals surface area (Å²) in [6.45, 7) is 5.86. The van der Waals surface area contributed by atoms with Crippen molar-refractivity contribution in [1.82, 2.24) is 19.7 Å². The molecule has 3 aliphatic carbocycles. The van der Waals surface area contributed by atoms with E-state index in [9.17, 15) is 5.26 Å². The number of benzene rings is 1. The molecule has 0 aliphatic heterocycles. The van der Waals surface area contributed by atoms with Gasteiger partial charge < -0.3 is 10.1 Å². The zero-order valence-corrected chi connectivity index (χ0v) is 18.5. The molecule has 3 saturated carbocycles. The molecule has 0 amide bonds. The van der Waals surface area contributed by atoms with Gasteiger partial charge in [-0.15, -0.1) is 0 Å². The summed E-state index contributed by atoms with van der Waals surface area (Å²) in [5, 5.41) is 26.1. The largest absolute Gasteiger partial charge is 0.436 e. The van der Waals surface area contributed by atoms with Crippen LogP contribution in [0.15, 0.2) is 18.2 Å². The SMILES string of the molecule is Cc1cc(/C=C/C#N)cc(C)c1Oc1nc(NC23CC(C#N)(C2)C3)nc2c(C)nn(C)c12. The number of nitriles is 2. The number of rotatable bonds is 5. The van der Waals surface area contributed by atoms with E-state index >= 15 is 0 Å². The number of ether oxygens (including phenoxy) is 1. The second-order valence-electron chi connectivity index (χ2n) is 9.13. The lowest BCUT2D eigenvalue weighted by Gasteiger charge is -2.66. The van der Waals surface area contributed by atoms with E-state index in [1.54, 1.807) is 10.8 Å². The zero-order valence-electron chi connectivity index (χ0n) is 18.5. The summed E-state index contributed by atoms with van der Waals surface area (Å²) in [7, 11) is 1.85. The third-order valence-electron chi connectivity index (χ3n) is 6.49. The lowest BCUT2D eigenvalue weighted by atomic mass is 9.40. The monoisotopic (exact) mass is 425 g/mol. The number of aromatic nitrogens is 4. The lowest BCUT2D eigenvalue weighted by molar-refractivity contribution is -0.0665. The second kappa shape index (κ2) is 6.80. The minimum Gasteiger partial charge on any atom is -0.436 e. The minimum atomic E-state index is -0.156. The Balaban J connectivity index is 1.53. The van der Waals surface area contributed by atoms with E-state index in [0.29, 0.717) is 11.8 Å². The fraction of sp³-hybridized carbons (Fsp3) is 0.375. The normalized spacial score (nSPS) is 23.3. The summed E-state index contributed by atoms with van der Waals surface area (Å²) in [6.07, 6.45) is 5.72. The maximum atomic E-state index is 9.31. The van der Waals surface area contributed by atoms with Crippen molar-refractivity contribution in [3.05, 3.63) is 40.6 Å². The molecule has 3 fully saturated rings. The molecule has 0 unspecified atom stereocenters. The number of hydrogen-bond acceptors (Lipinski definition) is 7. The van der Waals surface area contributed by atoms with Crippen LogP contribution in [0.25, 0.3) is 17.1 Å². The Hall–Kier alpha value is -3.91. The number of anilines is 1. The predicted molar refractivity (Wildman–Crippen MR) is 120 cm³/mol. The van der Waals surface area contributed by atoms with Crippen molar-refractivity contribution in [2.24, 2.45) is 12.5 Å². The topological polar surface area (TPSA) is 112 Å². The van der Waals surface area contributed by atoms with E-state index in [-0.39, 0.29) is 11.0 Å². The number of aryl methyl sites for hydroxylation is 4. The first-order valence-corrected chi connectivity index (χ1v) is 10.5. The maximum Gasteiger partial charge on any atom is 0.250 e. The fourth-order valence-electron chi connectivity index (χ4n) is 5.18. The smallest absolute Gasteiger partial charge is 0.250 e. The molecule has 6 rings (SSSR count). The van der Waals surface area contributed by atoms with E-state index in [2.05, 4.69) is 16.5 Å². The van der Waals surface area contributed by atoms with Crippen LogP contribution in [-0.2, 0) is 7.05 Å². The molecular formula is C24H23N7O. The number of fused-ring (bicyclic) bond motifs is 1. The van der Waals surface area contributed by atoms with E-state index in [1.807, 2.05) is 46.0 Å². The minimum absolute atomic E-state index is 0.0860. The van der Waals surface area contributed by atoms with Gasteiger partial charge in [0.2, 0.25) is 5.95 Å². The molecule has 0 atom stereocenters. The molecule has 1 N–H and O–H groups in total. The van der Waals surface area contributed by atoms with Gasteiger partial charge in [-0.1, -0.05) is 0 Å². The van der Waals surface area contributed by atoms with Gasteiger partial charge in [0, 0.05) is 18.7 Å². The molecule has 3 aliphatic rings. The Morgan fingerprint density at radius 3 is 2.44 bits per heavy atom. The summed E-state index contributed by atoms with van der Waals surface area (Å²) >= 11 is 0. The van der Waals surface area contributed by atoms with Crippen molar-refractivity contribution in [2.75, 3.05) is 5.32 Å². The Morgan fingerprint density at radius 2 is 1.81 bits per heavy atom. The van der Waals surface area contributed by atoms with Crippen LogP contribution < -0.4 is 10.1 Å². The summed E-state index contributed by atoms with van der Waals surface area (Å²) in [6, 6.07) is 8.40. The van der Waals surface area contributed by atoms with E-state index in [4.69, 9.17) is 20.0 Å². The van der Waals surface area contributed by atoms with E-state index < -0.39 is 0 Å². The molecule has 8 nitrogen and oxygen atoms in total. The fourth-order valence-corrected chi connectivity index (χ4v) is 5.18. The second-order valence-corrected chi connectivity index (χ2v) is 9.13. The Kier molecular flexibility index (Phi) is 4.25. The average molecular weight is 425 g/mol. The summed E-state index contributed by atoms with van der Waals surface area (Å²) < 4.78 is 8.11. The molecule has 8 heteroatoms. The van der Waals surface area contributed by atoms with Crippen LogP contribution in [0, 0.1) is 48.8 Å². The molecule has 1 aromatic carbocycles. The molecule has 0 spiro atoms. The van der Waals surface area contributed by atoms with E-state index in [0.717, 1.165) is 58.4 Å². The molecule has 32 heavy (non-hydrogen) atoms. The van der Waals surface area contributed by atoms with Crippen molar-refractivity contribution in [3.63, 3.8) is 0 Å². The van der Waals surface area contributed by atoms with Crippen LogP contribution in [0.4, 0.5) is 5.95 Å². The predicted octanol–water partition coefficient (Wildman–Crippen LogP) is 4.48. The Morgan fingerprint density at radius 1 is 1.12 bits per heavy atom. The van der Waals surface area contributed by atoms with E-state index in [1.165, 1.54) is 6.08 Å². The highest BCUT2D eigenvalue weighted by atomic mass is 16.5. The summed E-state index contributed by atoms with van der Waals surface area (Å²) in [4.78, 5) is 9.44. The zero-order chi connectivity index (χ0) is 22.7. The van der Waals surface area contributed by atoms with Gasteiger partial charge in [-0.3, -0.25) is 4.68 Å². The van der Waals surface area contributed by atoms with Crippen molar-refractivity contribution < 1.29 is 4.74 Å². The molecule has 2 bridgehead atoms. The number of nitrogens with zero attached hydrogens (tertiary/aromatic N) is 6. The first-order chi connectivity index (χ1) is 15.3. The number of nitrogens with one attached hydrogen (secondary N) is 1. The van der Waals surface area contributed by atoms with Crippen LogP contribution in [0.5, 0.6) is 11.6 Å². The van der Waals surface area contributed by atoms with Gasteiger partial charge >= 0.3 is 0 Å². The number of allylic oxidation sites excluding steroid dienone is 1. The highest BCUT2D eigenvalue weighted by molar-refractivity contribution is 5.83. The maximum absolute atomic E-state index is 9.31. The third kappa shape index (κ3) is 2.99. The summed E-state index contributed by atoms with van der Waals surface area (Å²) in [5.41, 5.74) is 4.85. The Labute approximate surface area is 186 Å². The molecule has 2 aromatic heterocycles. The highest BCUT2D eigenvalue weighted by Gasteiger charge is 2.69. The standard InChI is InChI=1S/C24H23N7O/c1-14-8-17(6-5-7-25)9-15(2)20(14)32-21-19-18(16(3)30-31(19)4)27-22(28-21)29-24-10-23(11-24,12-24)13-26/h5-6,8-9H,10-12H2,1-4H3,(H,27,28,29)/b6-5+. The van der Waals surface area contributed by atoms with Gasteiger partial charge in [-0.05, 0) is 74.9 Å². The third-order valence-corrected chi connectivity index (χ3v) is 6.49. The van der Waals surface area contributed by atoms with Gasteiger partial charge in [0.25, 0.3) is 5.88 Å². The van der Waals surface area contributed by atoms with Crippen LogP contribution in [0.3, 0.4) is 0 Å². The first-order valence-electron chi connectivity index (χ1n) is 10.5. The van der Waals surface area contributed by atoms with Gasteiger partial charge in [0.05, 0.1) is 23.2 Å². The van der Waals surface area contributed by atoms with Crippen molar-refractivity contribution in [2.45, 2.75) is 45.6 Å². The van der Waals surface area contributed by atoms with Crippen molar-refractivity contribution >= 4 is 23.1 Å². The molecule has 0 radical (unpaired) electrons. The molecule has 0 saturated heterocycles. The summed E-state index contributed by atoms with van der Waals surface area (Å²) in [5.74, 6) is 1.66. The van der Waals surface area contributed by atoms with Crippen LogP contribution in [-0.4, -0.2) is 25.3 Å². The molecule has 3 aromatic rings. The van der Waals surface area contributed by atoms with Crippen LogP contribution in [0.1, 0.15) is 41.6 Å². The Bertz CT molecular complexity index is 1340. The first kappa shape index (κ1) is 20.0. The van der Waals surface area contributed by atoms with Gasteiger partial charge in [-0.25, -0.2) is 4.98 Å². The van der Waals surface area contributed by atoms with Gasteiger partial charge in [0.15, 0.2) is 0 Å². The van der Waals surface area contributed by atoms with Gasteiger partial charge in [0.1, 0.15) is 16.8 Å². The van der Waals surface area contributed by atoms with Crippen molar-refractivity contribution in [3.8, 4) is 23.8 Å². The molecular weight excluding hydrogens is 402 g/mol. The van der Waals surface area contributed by atoms with Crippen molar-refractivity contribution in [1.29, 1.82) is 10.5 Å². The molecule has 160 valence electrons. The lowest BCUT2D eigenvalue weighted by Crippen LogP contribution is -2.70. The quantitative estimate of drug-likeness (QED) is 0.600. The van der Waals surface area contributed by atoms with Crippen LogP contribution >= 0.6 is 0 Å². The van der Waals surface area contributed by atoms with Gasteiger partial charge in [-0.2, -0.15) is 20.6 Å². The number of hydrogen-bond donors (Lipinski definition) is 1. The van der Waals surface area contributed by atoms with Crippen LogP contribution in [0.2, 0.25) is 0 Å².